The highest BCUT2D eigenvalue weighted by atomic mass is 16.7. The van der Waals surface area contributed by atoms with Crippen molar-refractivity contribution in [3.8, 4) is 0 Å². The minimum Gasteiger partial charge on any atom is -0.545 e. The van der Waals surface area contributed by atoms with Crippen molar-refractivity contribution in [2.45, 2.75) is 251 Å². The molecule has 2 unspecified atom stereocenters. The number of nitrogens with zero attached hydrogens (tertiary/aromatic N) is 1. The molecular formula is C65H111NO8. The zero-order valence-corrected chi connectivity index (χ0v) is 48.2. The van der Waals surface area contributed by atoms with Gasteiger partial charge in [-0.3, -0.25) is 9.59 Å². The number of carbonyl (C=O) groups excluding carboxylic acids is 3. The first kappa shape index (κ1) is 70.2. The molecule has 2 atom stereocenters. The van der Waals surface area contributed by atoms with Crippen molar-refractivity contribution in [1.82, 2.24) is 0 Å². The van der Waals surface area contributed by atoms with Crippen LogP contribution in [0.4, 0.5) is 0 Å². The molecule has 424 valence electrons. The summed E-state index contributed by atoms with van der Waals surface area (Å²) < 4.78 is 22.7. The largest absolute Gasteiger partial charge is 0.545 e. The maximum Gasteiger partial charge on any atom is 0.306 e. The van der Waals surface area contributed by atoms with Crippen molar-refractivity contribution in [1.29, 1.82) is 0 Å². The Balaban J connectivity index is 4.32. The second-order valence-corrected chi connectivity index (χ2v) is 20.9. The number of likely N-dealkylation sites (N-methyl/N-ethyl adjacent to an activating group) is 1. The summed E-state index contributed by atoms with van der Waals surface area (Å²) in [5.74, 6) is -2.32. The van der Waals surface area contributed by atoms with Crippen molar-refractivity contribution in [2.75, 3.05) is 47.5 Å². The third-order valence-corrected chi connectivity index (χ3v) is 12.6. The molecule has 74 heavy (non-hydrogen) atoms. The SMILES string of the molecule is CC/C=C\C/C=C\C/C=C\C/C=C\C/C=C\C/C=C\C/C=C\C/C=C\CCCCCCC(=O)OC(COC(=O)CCCCCCCCCCCCCCCCCCCCCC)COC(OCC[N+](C)(C)C)C(=O)[O-]. The Morgan fingerprint density at radius 2 is 0.770 bits per heavy atom. The highest BCUT2D eigenvalue weighted by Gasteiger charge is 2.22. The van der Waals surface area contributed by atoms with Crippen LogP contribution in [0.3, 0.4) is 0 Å². The van der Waals surface area contributed by atoms with Gasteiger partial charge < -0.3 is 33.3 Å². The Labute approximate surface area is 454 Å². The van der Waals surface area contributed by atoms with Crippen molar-refractivity contribution >= 4 is 17.9 Å². The van der Waals surface area contributed by atoms with Gasteiger partial charge in [0.05, 0.1) is 40.3 Å². The van der Waals surface area contributed by atoms with E-state index >= 15 is 0 Å². The van der Waals surface area contributed by atoms with Gasteiger partial charge >= 0.3 is 11.9 Å². The fourth-order valence-electron chi connectivity index (χ4n) is 8.02. The molecule has 0 amide bonds. The van der Waals surface area contributed by atoms with Gasteiger partial charge in [0.2, 0.25) is 0 Å². The van der Waals surface area contributed by atoms with E-state index in [9.17, 15) is 19.5 Å². The number of ether oxygens (including phenoxy) is 4. The van der Waals surface area contributed by atoms with Crippen LogP contribution in [0, 0.1) is 0 Å². The maximum absolute atomic E-state index is 12.9. The Morgan fingerprint density at radius 3 is 1.15 bits per heavy atom. The summed E-state index contributed by atoms with van der Waals surface area (Å²) in [6, 6.07) is 0. The smallest absolute Gasteiger partial charge is 0.306 e. The van der Waals surface area contributed by atoms with Crippen LogP contribution in [-0.2, 0) is 33.3 Å². The number of carbonyl (C=O) groups is 3. The van der Waals surface area contributed by atoms with Gasteiger partial charge in [0.1, 0.15) is 13.2 Å². The molecule has 9 nitrogen and oxygen atoms in total. The quantitative estimate of drug-likeness (QED) is 0.0195. The average molecular weight is 1030 g/mol. The molecule has 0 fully saturated rings. The highest BCUT2D eigenvalue weighted by molar-refractivity contribution is 5.70. The van der Waals surface area contributed by atoms with Crippen LogP contribution in [0.25, 0.3) is 0 Å². The van der Waals surface area contributed by atoms with E-state index in [1.807, 2.05) is 21.1 Å². The van der Waals surface area contributed by atoms with Gasteiger partial charge in [-0.25, -0.2) is 0 Å². The molecular weight excluding hydrogens is 923 g/mol. The standard InChI is InChI=1S/C65H111NO8/c1-6-8-10-12-14-16-18-20-22-24-26-28-29-30-31-32-33-34-35-36-38-40-42-44-46-48-50-52-54-56-63(68)74-61(60-73-65(64(69)70)71-58-57-66(3,4)5)59-72-62(67)55-53-51-49-47-45-43-41-39-37-27-25-23-21-19-17-15-13-11-9-7-2/h8,10,14,16,20,22,26,28,30-31,33-34,36,38,42,44,61,65H,6-7,9,11-13,15,17-19,21,23-25,27,29,32,35,37,39-41,43,45-60H2,1-5H3/b10-8-,16-14-,22-20-,28-26-,31-30-,34-33-,38-36-,44-42-. The summed E-state index contributed by atoms with van der Waals surface area (Å²) in [7, 11) is 5.91. The number of rotatable bonds is 54. The van der Waals surface area contributed by atoms with Gasteiger partial charge in [-0.05, 0) is 77.0 Å². The molecule has 0 rings (SSSR count). The van der Waals surface area contributed by atoms with Crippen molar-refractivity contribution in [2.24, 2.45) is 0 Å². The van der Waals surface area contributed by atoms with Gasteiger partial charge in [0.15, 0.2) is 12.4 Å². The van der Waals surface area contributed by atoms with E-state index in [-0.39, 0.29) is 38.6 Å². The first-order chi connectivity index (χ1) is 36.1. The number of hydrogen-bond acceptors (Lipinski definition) is 8. The second kappa shape index (κ2) is 55.4. The van der Waals surface area contributed by atoms with E-state index in [1.54, 1.807) is 0 Å². The lowest BCUT2D eigenvalue weighted by molar-refractivity contribution is -0.870. The average Bonchev–Trinajstić information content (AvgIpc) is 3.37. The molecule has 0 aliphatic carbocycles. The summed E-state index contributed by atoms with van der Waals surface area (Å²) in [6.07, 6.45) is 71.7. The lowest BCUT2D eigenvalue weighted by atomic mass is 10.0. The molecule has 0 saturated heterocycles. The molecule has 0 saturated carbocycles. The third-order valence-electron chi connectivity index (χ3n) is 12.6. The van der Waals surface area contributed by atoms with E-state index in [2.05, 4.69) is 111 Å². The Bertz CT molecular complexity index is 1530. The van der Waals surface area contributed by atoms with Crippen LogP contribution in [0.5, 0.6) is 0 Å². The molecule has 0 spiro atoms. The topological polar surface area (TPSA) is 111 Å². The normalized spacial score (nSPS) is 13.5. The predicted molar refractivity (Wildman–Crippen MR) is 311 cm³/mol. The lowest BCUT2D eigenvalue weighted by Gasteiger charge is -2.26. The van der Waals surface area contributed by atoms with Gasteiger partial charge in [0.25, 0.3) is 0 Å². The summed E-state index contributed by atoms with van der Waals surface area (Å²) >= 11 is 0. The molecule has 0 aliphatic heterocycles. The zero-order chi connectivity index (χ0) is 54.1. The number of esters is 2. The van der Waals surface area contributed by atoms with Crippen LogP contribution in [0.2, 0.25) is 0 Å². The van der Waals surface area contributed by atoms with Gasteiger partial charge in [-0.1, -0.05) is 246 Å². The van der Waals surface area contributed by atoms with Crippen LogP contribution in [0.15, 0.2) is 97.2 Å². The number of quaternary nitrogens is 1. The Kier molecular flexibility index (Phi) is 52.6. The van der Waals surface area contributed by atoms with E-state index in [1.165, 1.54) is 109 Å². The summed E-state index contributed by atoms with van der Waals surface area (Å²) in [5, 5.41) is 11.8. The van der Waals surface area contributed by atoms with E-state index in [0.29, 0.717) is 17.4 Å². The minimum absolute atomic E-state index is 0.139. The first-order valence-corrected chi connectivity index (χ1v) is 29.9. The number of unbranched alkanes of at least 4 members (excludes halogenated alkanes) is 23. The Morgan fingerprint density at radius 1 is 0.419 bits per heavy atom. The molecule has 0 aromatic rings. The van der Waals surface area contributed by atoms with Crippen molar-refractivity contribution in [3.63, 3.8) is 0 Å². The number of carboxylic acids is 1. The maximum atomic E-state index is 12.9. The van der Waals surface area contributed by atoms with Crippen LogP contribution in [0.1, 0.15) is 239 Å². The monoisotopic (exact) mass is 1030 g/mol. The number of hydrogen-bond donors (Lipinski definition) is 0. The van der Waals surface area contributed by atoms with Gasteiger partial charge in [0, 0.05) is 12.8 Å². The van der Waals surface area contributed by atoms with E-state index in [4.69, 9.17) is 18.9 Å². The summed E-state index contributed by atoms with van der Waals surface area (Å²) in [6.45, 7) is 4.61. The van der Waals surface area contributed by atoms with E-state index in [0.717, 1.165) is 96.3 Å². The molecule has 0 radical (unpaired) electrons. The molecule has 0 aromatic carbocycles. The number of allylic oxidation sites excluding steroid dienone is 16. The molecule has 0 aliphatic rings. The predicted octanol–water partition coefficient (Wildman–Crippen LogP) is 16.4. The van der Waals surface area contributed by atoms with Crippen molar-refractivity contribution in [3.05, 3.63) is 97.2 Å². The van der Waals surface area contributed by atoms with E-state index < -0.39 is 24.3 Å². The minimum atomic E-state index is -1.63. The zero-order valence-electron chi connectivity index (χ0n) is 48.2. The Hall–Kier alpha value is -3.79. The van der Waals surface area contributed by atoms with Crippen LogP contribution >= 0.6 is 0 Å². The summed E-state index contributed by atoms with van der Waals surface area (Å²) in [5.41, 5.74) is 0. The molecule has 0 heterocycles. The number of carboxylic acid groups (broad SMARTS) is 1. The summed E-state index contributed by atoms with van der Waals surface area (Å²) in [4.78, 5) is 37.3. The van der Waals surface area contributed by atoms with Crippen molar-refractivity contribution < 1.29 is 42.9 Å². The first-order valence-electron chi connectivity index (χ1n) is 29.9. The van der Waals surface area contributed by atoms with Crippen LogP contribution in [-0.4, -0.2) is 82.3 Å². The molecule has 0 aromatic heterocycles. The lowest BCUT2D eigenvalue weighted by Crippen LogP contribution is -2.44. The van der Waals surface area contributed by atoms with Crippen LogP contribution < -0.4 is 5.11 Å². The molecule has 9 heteroatoms. The fraction of sp³-hybridized carbons (Fsp3) is 0.708. The molecule has 0 bridgehead atoms. The number of aliphatic carboxylic acids is 1. The van der Waals surface area contributed by atoms with Gasteiger partial charge in [-0.15, -0.1) is 0 Å². The molecule has 0 N–H and O–H groups in total. The fourth-order valence-corrected chi connectivity index (χ4v) is 8.02. The third kappa shape index (κ3) is 55.9. The highest BCUT2D eigenvalue weighted by Crippen LogP contribution is 2.16. The second-order valence-electron chi connectivity index (χ2n) is 20.9. The van der Waals surface area contributed by atoms with Gasteiger partial charge in [-0.2, -0.15) is 0 Å².